The van der Waals surface area contributed by atoms with Crippen LogP contribution in [0.25, 0.3) is 0 Å². The molecule has 6 nitrogen and oxygen atoms in total. The van der Waals surface area contributed by atoms with Crippen molar-refractivity contribution in [1.82, 2.24) is 4.90 Å². The fraction of sp³-hybridized carbons (Fsp3) is 0.611. The van der Waals surface area contributed by atoms with Crippen LogP contribution < -0.4 is 9.04 Å². The molecular weight excluding hydrogens is 340 g/mol. The van der Waals surface area contributed by atoms with Gasteiger partial charge >= 0.3 is 0 Å². The molecule has 1 heterocycles. The van der Waals surface area contributed by atoms with E-state index in [1.54, 1.807) is 29.2 Å². The molecule has 1 saturated heterocycles. The van der Waals surface area contributed by atoms with Crippen molar-refractivity contribution < 1.29 is 17.9 Å². The van der Waals surface area contributed by atoms with Crippen molar-refractivity contribution in [2.45, 2.75) is 33.1 Å². The van der Waals surface area contributed by atoms with Crippen LogP contribution in [0.3, 0.4) is 0 Å². The second-order valence-corrected chi connectivity index (χ2v) is 8.58. The van der Waals surface area contributed by atoms with E-state index in [1.807, 2.05) is 6.92 Å². The number of rotatable bonds is 7. The van der Waals surface area contributed by atoms with E-state index in [0.717, 1.165) is 29.8 Å². The summed E-state index contributed by atoms with van der Waals surface area (Å²) in [5, 5.41) is 0. The zero-order valence-electron chi connectivity index (χ0n) is 15.3. The molecular formula is C18H28N2O4S. The summed E-state index contributed by atoms with van der Waals surface area (Å²) in [6.45, 7) is 6.03. The molecule has 0 atom stereocenters. The molecule has 1 aliphatic rings. The SMILES string of the molecule is CCCOc1ccc(N(CC(=O)N2CCC(C)CC2)S(C)(=O)=O)cc1. The predicted molar refractivity (Wildman–Crippen MR) is 99.4 cm³/mol. The smallest absolute Gasteiger partial charge is 0.243 e. The van der Waals surface area contributed by atoms with Crippen LogP contribution in [0, 0.1) is 5.92 Å². The van der Waals surface area contributed by atoms with E-state index >= 15 is 0 Å². The van der Waals surface area contributed by atoms with Crippen LogP contribution in [-0.2, 0) is 14.8 Å². The van der Waals surface area contributed by atoms with Gasteiger partial charge in [0, 0.05) is 13.1 Å². The minimum atomic E-state index is -3.55. The van der Waals surface area contributed by atoms with E-state index in [0.29, 0.717) is 37.1 Å². The Morgan fingerprint density at radius 1 is 1.24 bits per heavy atom. The maximum absolute atomic E-state index is 12.5. The number of likely N-dealkylation sites (tertiary alicyclic amines) is 1. The monoisotopic (exact) mass is 368 g/mol. The zero-order chi connectivity index (χ0) is 18.4. The van der Waals surface area contributed by atoms with Crippen LogP contribution in [0.15, 0.2) is 24.3 Å². The van der Waals surface area contributed by atoms with Crippen LogP contribution in [0.1, 0.15) is 33.1 Å². The number of ether oxygens (including phenoxy) is 1. The fourth-order valence-electron chi connectivity index (χ4n) is 2.81. The molecule has 0 saturated carbocycles. The first-order valence-corrected chi connectivity index (χ1v) is 10.6. The largest absolute Gasteiger partial charge is 0.494 e. The predicted octanol–water partition coefficient (Wildman–Crippen LogP) is 2.50. The van der Waals surface area contributed by atoms with Gasteiger partial charge in [-0.2, -0.15) is 0 Å². The lowest BCUT2D eigenvalue weighted by Gasteiger charge is -2.32. The number of hydrogen-bond acceptors (Lipinski definition) is 4. The first-order chi connectivity index (χ1) is 11.8. The number of hydrogen-bond donors (Lipinski definition) is 0. The quantitative estimate of drug-likeness (QED) is 0.742. The van der Waals surface area contributed by atoms with Gasteiger partial charge in [-0.25, -0.2) is 8.42 Å². The molecule has 1 aromatic carbocycles. The summed E-state index contributed by atoms with van der Waals surface area (Å²) >= 11 is 0. The van der Waals surface area contributed by atoms with E-state index in [1.165, 1.54) is 0 Å². The summed E-state index contributed by atoms with van der Waals surface area (Å²) in [4.78, 5) is 14.3. The summed E-state index contributed by atoms with van der Waals surface area (Å²) in [5.41, 5.74) is 0.477. The van der Waals surface area contributed by atoms with Gasteiger partial charge in [-0.3, -0.25) is 9.10 Å². The van der Waals surface area contributed by atoms with E-state index < -0.39 is 10.0 Å². The lowest BCUT2D eigenvalue weighted by Crippen LogP contribution is -2.45. The Kier molecular flexibility index (Phi) is 6.70. The third kappa shape index (κ3) is 5.63. The van der Waals surface area contributed by atoms with Gasteiger partial charge in [-0.15, -0.1) is 0 Å². The molecule has 0 aromatic heterocycles. The van der Waals surface area contributed by atoms with Crippen molar-refractivity contribution in [1.29, 1.82) is 0 Å². The Bertz CT molecular complexity index is 665. The molecule has 0 aliphatic carbocycles. The van der Waals surface area contributed by atoms with Crippen LogP contribution >= 0.6 is 0 Å². The highest BCUT2D eigenvalue weighted by Crippen LogP contribution is 2.23. The summed E-state index contributed by atoms with van der Waals surface area (Å²) in [5.74, 6) is 1.16. The van der Waals surface area contributed by atoms with Gasteiger partial charge in [0.25, 0.3) is 0 Å². The number of carbonyl (C=O) groups is 1. The van der Waals surface area contributed by atoms with Gasteiger partial charge in [0.1, 0.15) is 12.3 Å². The highest BCUT2D eigenvalue weighted by molar-refractivity contribution is 7.92. The lowest BCUT2D eigenvalue weighted by atomic mass is 9.99. The molecule has 1 amide bonds. The zero-order valence-corrected chi connectivity index (χ0v) is 16.1. The normalized spacial score (nSPS) is 15.9. The maximum Gasteiger partial charge on any atom is 0.243 e. The van der Waals surface area contributed by atoms with Gasteiger partial charge in [0.2, 0.25) is 15.9 Å². The van der Waals surface area contributed by atoms with Gasteiger partial charge in [-0.05, 0) is 49.4 Å². The molecule has 7 heteroatoms. The van der Waals surface area contributed by atoms with Crippen molar-refractivity contribution in [3.05, 3.63) is 24.3 Å². The third-order valence-electron chi connectivity index (χ3n) is 4.41. The van der Waals surface area contributed by atoms with Crippen LogP contribution in [0.5, 0.6) is 5.75 Å². The second-order valence-electron chi connectivity index (χ2n) is 6.68. The first kappa shape index (κ1) is 19.6. The Labute approximate surface area is 150 Å². The average Bonchev–Trinajstić information content (AvgIpc) is 2.58. The Hall–Kier alpha value is -1.76. The molecule has 140 valence electrons. The average molecular weight is 368 g/mol. The van der Waals surface area contributed by atoms with Gasteiger partial charge in [-0.1, -0.05) is 13.8 Å². The highest BCUT2D eigenvalue weighted by atomic mass is 32.2. The van der Waals surface area contributed by atoms with E-state index in [9.17, 15) is 13.2 Å². The van der Waals surface area contributed by atoms with Crippen molar-refractivity contribution in [3.8, 4) is 5.75 Å². The maximum atomic E-state index is 12.5. The number of carbonyl (C=O) groups excluding carboxylic acids is 1. The Morgan fingerprint density at radius 2 is 1.84 bits per heavy atom. The van der Waals surface area contributed by atoms with Crippen molar-refractivity contribution in [2.75, 3.05) is 36.8 Å². The number of sulfonamides is 1. The molecule has 0 radical (unpaired) electrons. The van der Waals surface area contributed by atoms with E-state index in [4.69, 9.17) is 4.74 Å². The van der Waals surface area contributed by atoms with E-state index in [-0.39, 0.29) is 12.5 Å². The lowest BCUT2D eigenvalue weighted by molar-refractivity contribution is -0.130. The van der Waals surface area contributed by atoms with Crippen molar-refractivity contribution >= 4 is 21.6 Å². The molecule has 0 bridgehead atoms. The highest BCUT2D eigenvalue weighted by Gasteiger charge is 2.26. The number of amides is 1. The number of anilines is 1. The van der Waals surface area contributed by atoms with Crippen LogP contribution in [0.2, 0.25) is 0 Å². The van der Waals surface area contributed by atoms with Gasteiger partial charge in [0.05, 0.1) is 18.6 Å². The molecule has 1 fully saturated rings. The molecule has 0 spiro atoms. The second kappa shape index (κ2) is 8.56. The summed E-state index contributed by atoms with van der Waals surface area (Å²) in [6.07, 6.45) is 3.96. The molecule has 25 heavy (non-hydrogen) atoms. The molecule has 0 N–H and O–H groups in total. The van der Waals surface area contributed by atoms with Crippen molar-refractivity contribution in [3.63, 3.8) is 0 Å². The molecule has 0 unspecified atom stereocenters. The van der Waals surface area contributed by atoms with Crippen molar-refractivity contribution in [2.24, 2.45) is 5.92 Å². The topological polar surface area (TPSA) is 66.9 Å². The first-order valence-electron chi connectivity index (χ1n) is 8.79. The van der Waals surface area contributed by atoms with E-state index in [2.05, 4.69) is 6.92 Å². The summed E-state index contributed by atoms with van der Waals surface area (Å²) in [7, 11) is -3.55. The van der Waals surface area contributed by atoms with Crippen LogP contribution in [0.4, 0.5) is 5.69 Å². The molecule has 1 aliphatic heterocycles. The minimum absolute atomic E-state index is 0.149. The minimum Gasteiger partial charge on any atom is -0.494 e. The third-order valence-corrected chi connectivity index (χ3v) is 5.55. The number of nitrogens with zero attached hydrogens (tertiary/aromatic N) is 2. The molecule has 1 aromatic rings. The number of benzene rings is 1. The number of piperidine rings is 1. The van der Waals surface area contributed by atoms with Crippen LogP contribution in [-0.4, -0.2) is 51.7 Å². The Balaban J connectivity index is 2.10. The standard InChI is InChI=1S/C18H28N2O4S/c1-4-13-24-17-7-5-16(6-8-17)20(25(3,22)23)14-18(21)19-11-9-15(2)10-12-19/h5-8,15H,4,9-14H2,1-3H3. The summed E-state index contributed by atoms with van der Waals surface area (Å²) in [6, 6.07) is 6.82. The van der Waals surface area contributed by atoms with Gasteiger partial charge < -0.3 is 9.64 Å². The summed E-state index contributed by atoms with van der Waals surface area (Å²) < 4.78 is 31.0. The Morgan fingerprint density at radius 3 is 2.36 bits per heavy atom. The molecule has 2 rings (SSSR count). The van der Waals surface area contributed by atoms with Gasteiger partial charge in [0.15, 0.2) is 0 Å². The fourth-order valence-corrected chi connectivity index (χ4v) is 3.66.